The van der Waals surface area contributed by atoms with Crippen molar-refractivity contribution >= 4 is 23.7 Å². The van der Waals surface area contributed by atoms with E-state index in [0.717, 1.165) is 23.3 Å². The second-order valence-corrected chi connectivity index (χ2v) is 8.17. The van der Waals surface area contributed by atoms with E-state index in [2.05, 4.69) is 17.5 Å². The van der Waals surface area contributed by atoms with E-state index in [9.17, 15) is 4.79 Å². The van der Waals surface area contributed by atoms with Crippen molar-refractivity contribution in [2.45, 2.75) is 39.5 Å². The van der Waals surface area contributed by atoms with E-state index >= 15 is 0 Å². The molecular formula is C21H23ClN2O2. The van der Waals surface area contributed by atoms with Crippen LogP contribution in [0.5, 0.6) is 0 Å². The topological polar surface area (TPSA) is 54.6 Å². The summed E-state index contributed by atoms with van der Waals surface area (Å²) < 4.78 is 5.82. The molecule has 5 heteroatoms. The van der Waals surface area contributed by atoms with Crippen LogP contribution >= 0.6 is 11.6 Å². The largest absolute Gasteiger partial charge is 0.455 e. The number of nitrogens with zero attached hydrogens (tertiary/aromatic N) is 1. The number of carbonyl (C=O) groups is 1. The zero-order chi connectivity index (χ0) is 18.3. The highest BCUT2D eigenvalue weighted by Gasteiger charge is 2.64. The normalized spacial score (nSPS) is 27.3. The fourth-order valence-electron chi connectivity index (χ4n) is 4.51. The molecule has 1 aromatic carbocycles. The molecule has 2 fully saturated rings. The average molecular weight is 371 g/mol. The minimum Gasteiger partial charge on any atom is -0.455 e. The van der Waals surface area contributed by atoms with Gasteiger partial charge in [-0.3, -0.25) is 4.79 Å². The molecule has 4 nitrogen and oxygen atoms in total. The molecule has 0 radical (unpaired) electrons. The van der Waals surface area contributed by atoms with E-state index in [4.69, 9.17) is 16.0 Å². The Balaban J connectivity index is 1.40. The summed E-state index contributed by atoms with van der Waals surface area (Å²) in [6, 6.07) is 9.43. The second-order valence-electron chi connectivity index (χ2n) is 7.73. The molecule has 1 heterocycles. The first-order valence-electron chi connectivity index (χ1n) is 9.18. The van der Waals surface area contributed by atoms with Crippen molar-refractivity contribution in [3.05, 3.63) is 46.7 Å². The molecule has 0 saturated heterocycles. The highest BCUT2D eigenvalue weighted by atomic mass is 35.5. The molecule has 0 bridgehead atoms. The Kier molecular flexibility index (Phi) is 4.39. The number of nitrogens with one attached hydrogen (secondary N) is 1. The van der Waals surface area contributed by atoms with Crippen LogP contribution in [0.15, 0.2) is 39.9 Å². The zero-order valence-electron chi connectivity index (χ0n) is 15.1. The van der Waals surface area contributed by atoms with Gasteiger partial charge in [0.1, 0.15) is 11.5 Å². The third-order valence-corrected chi connectivity index (χ3v) is 6.31. The number of hydrazone groups is 1. The van der Waals surface area contributed by atoms with Crippen LogP contribution in [0.25, 0.3) is 11.3 Å². The SMILES string of the molecule is Cc1ccc(Cl)cc1-c1ccc(/C=N\NC(=O)[C@@H]2[C@@H]3CCCC[C@]23C)o1. The van der Waals surface area contributed by atoms with Crippen LogP contribution in [0.3, 0.4) is 0 Å². The number of carbonyl (C=O) groups excluding carboxylic acids is 1. The van der Waals surface area contributed by atoms with Crippen molar-refractivity contribution in [1.82, 2.24) is 5.43 Å². The quantitative estimate of drug-likeness (QED) is 0.595. The van der Waals surface area contributed by atoms with E-state index in [1.807, 2.05) is 37.3 Å². The first-order chi connectivity index (χ1) is 12.5. The minimum atomic E-state index is 0.0353. The van der Waals surface area contributed by atoms with Crippen molar-refractivity contribution in [2.24, 2.45) is 22.4 Å². The molecule has 2 aliphatic rings. The van der Waals surface area contributed by atoms with Gasteiger partial charge in [-0.2, -0.15) is 5.10 Å². The molecule has 1 aromatic heterocycles. The third kappa shape index (κ3) is 3.07. The molecule has 1 amide bonds. The van der Waals surface area contributed by atoms with Gasteiger partial charge in [0.2, 0.25) is 5.91 Å². The summed E-state index contributed by atoms with van der Waals surface area (Å²) in [6.07, 6.45) is 6.35. The molecule has 2 aliphatic carbocycles. The lowest BCUT2D eigenvalue weighted by Gasteiger charge is -2.15. The van der Waals surface area contributed by atoms with Gasteiger partial charge in [0.05, 0.1) is 6.21 Å². The molecule has 0 unspecified atom stereocenters. The first kappa shape index (κ1) is 17.3. The van der Waals surface area contributed by atoms with Gasteiger partial charge in [-0.05, 0) is 60.9 Å². The van der Waals surface area contributed by atoms with Gasteiger partial charge in [0.25, 0.3) is 0 Å². The average Bonchev–Trinajstić information content (AvgIpc) is 2.98. The van der Waals surface area contributed by atoms with Gasteiger partial charge in [-0.15, -0.1) is 0 Å². The van der Waals surface area contributed by atoms with Gasteiger partial charge in [-0.1, -0.05) is 37.4 Å². The van der Waals surface area contributed by atoms with Crippen LogP contribution < -0.4 is 5.43 Å². The van der Waals surface area contributed by atoms with Gasteiger partial charge in [0.15, 0.2) is 0 Å². The van der Waals surface area contributed by atoms with Crippen LogP contribution in [-0.2, 0) is 4.79 Å². The minimum absolute atomic E-state index is 0.0353. The van der Waals surface area contributed by atoms with E-state index in [1.165, 1.54) is 19.3 Å². The monoisotopic (exact) mass is 370 g/mol. The molecule has 0 aliphatic heterocycles. The van der Waals surface area contributed by atoms with Crippen LogP contribution in [0.4, 0.5) is 0 Å². The van der Waals surface area contributed by atoms with E-state index in [1.54, 1.807) is 6.21 Å². The smallest absolute Gasteiger partial charge is 0.244 e. The van der Waals surface area contributed by atoms with Crippen molar-refractivity contribution in [3.63, 3.8) is 0 Å². The molecular weight excluding hydrogens is 348 g/mol. The summed E-state index contributed by atoms with van der Waals surface area (Å²) in [5.41, 5.74) is 4.93. The summed E-state index contributed by atoms with van der Waals surface area (Å²) >= 11 is 6.08. The highest BCUT2D eigenvalue weighted by molar-refractivity contribution is 6.30. The molecule has 136 valence electrons. The lowest BCUT2D eigenvalue weighted by atomic mass is 9.90. The third-order valence-electron chi connectivity index (χ3n) is 6.07. The van der Waals surface area contributed by atoms with Crippen LogP contribution in [0.2, 0.25) is 5.02 Å². The zero-order valence-corrected chi connectivity index (χ0v) is 15.8. The van der Waals surface area contributed by atoms with E-state index in [-0.39, 0.29) is 17.2 Å². The highest BCUT2D eigenvalue weighted by Crippen LogP contribution is 2.66. The van der Waals surface area contributed by atoms with E-state index in [0.29, 0.717) is 16.7 Å². The number of hydrogen-bond donors (Lipinski definition) is 1. The number of benzene rings is 1. The summed E-state index contributed by atoms with van der Waals surface area (Å²) in [5.74, 6) is 2.02. The van der Waals surface area contributed by atoms with Crippen molar-refractivity contribution < 1.29 is 9.21 Å². The van der Waals surface area contributed by atoms with Crippen molar-refractivity contribution in [1.29, 1.82) is 0 Å². The number of aryl methyl sites for hydroxylation is 1. The van der Waals surface area contributed by atoms with Crippen LogP contribution in [-0.4, -0.2) is 12.1 Å². The fourth-order valence-corrected chi connectivity index (χ4v) is 4.68. The molecule has 3 atom stereocenters. The Morgan fingerprint density at radius 1 is 1.35 bits per heavy atom. The predicted molar refractivity (Wildman–Crippen MR) is 103 cm³/mol. The number of fused-ring (bicyclic) bond motifs is 1. The van der Waals surface area contributed by atoms with Gasteiger partial charge in [0, 0.05) is 16.5 Å². The van der Waals surface area contributed by atoms with Gasteiger partial charge >= 0.3 is 0 Å². The number of hydrogen-bond acceptors (Lipinski definition) is 3. The summed E-state index contributed by atoms with van der Waals surface area (Å²) in [4.78, 5) is 12.4. The number of amides is 1. The Bertz CT molecular complexity index is 873. The van der Waals surface area contributed by atoms with Gasteiger partial charge < -0.3 is 4.42 Å². The molecule has 1 N–H and O–H groups in total. The standard InChI is InChI=1S/C21H23ClN2O2/c1-13-6-7-14(22)11-16(13)18-9-8-15(26-18)12-23-24-20(25)19-17-5-3-4-10-21(17,19)2/h6-9,11-12,17,19H,3-5,10H2,1-2H3,(H,24,25)/b23-12-/t17-,19-,21-/m0/s1. The number of furan rings is 1. The lowest BCUT2D eigenvalue weighted by molar-refractivity contribution is -0.123. The van der Waals surface area contributed by atoms with Crippen molar-refractivity contribution in [3.8, 4) is 11.3 Å². The Labute approximate surface area is 158 Å². The van der Waals surface area contributed by atoms with Crippen molar-refractivity contribution in [2.75, 3.05) is 0 Å². The molecule has 4 rings (SSSR count). The molecule has 2 aromatic rings. The summed E-state index contributed by atoms with van der Waals surface area (Å²) in [5, 5.41) is 4.76. The van der Waals surface area contributed by atoms with Gasteiger partial charge in [-0.25, -0.2) is 5.43 Å². The Hall–Kier alpha value is -2.07. The Morgan fingerprint density at radius 3 is 2.96 bits per heavy atom. The van der Waals surface area contributed by atoms with Crippen LogP contribution in [0.1, 0.15) is 43.9 Å². The maximum Gasteiger partial charge on any atom is 0.244 e. The lowest BCUT2D eigenvalue weighted by Crippen LogP contribution is -2.22. The molecule has 0 spiro atoms. The summed E-state index contributed by atoms with van der Waals surface area (Å²) in [7, 11) is 0. The maximum absolute atomic E-state index is 12.4. The first-order valence-corrected chi connectivity index (χ1v) is 9.56. The molecule has 2 saturated carbocycles. The maximum atomic E-state index is 12.4. The second kappa shape index (κ2) is 6.58. The fraction of sp³-hybridized carbons (Fsp3) is 0.429. The number of halogens is 1. The number of rotatable bonds is 4. The summed E-state index contributed by atoms with van der Waals surface area (Å²) in [6.45, 7) is 4.24. The van der Waals surface area contributed by atoms with Crippen LogP contribution in [0, 0.1) is 24.2 Å². The molecule has 26 heavy (non-hydrogen) atoms. The Morgan fingerprint density at radius 2 is 2.19 bits per heavy atom. The predicted octanol–water partition coefficient (Wildman–Crippen LogP) is 5.18. The van der Waals surface area contributed by atoms with E-state index < -0.39 is 0 Å².